The number of nitrogen functional groups attached to an aromatic ring is 1. The number of aryl methyl sites for hydroxylation is 1. The molecule has 1 fully saturated rings. The third-order valence-corrected chi connectivity index (χ3v) is 9.48. The van der Waals surface area contributed by atoms with E-state index in [1.54, 1.807) is 30.6 Å². The maximum Gasteiger partial charge on any atom is 0.490 e. The molecule has 2 aromatic carbocycles. The topological polar surface area (TPSA) is 161 Å². The molecule has 11 nitrogen and oxygen atoms in total. The number of nitrogens with one attached hydrogen (secondary N) is 1. The first-order valence-electron chi connectivity index (χ1n) is 13.0. The Morgan fingerprint density at radius 1 is 1.07 bits per heavy atom. The molecule has 3 heterocycles. The van der Waals surface area contributed by atoms with Crippen LogP contribution in [0.3, 0.4) is 0 Å². The number of anilines is 2. The number of nitrogens with two attached hydrogens (primary N) is 1. The molecule has 0 saturated carbocycles. The number of ketones is 1. The molecule has 1 aliphatic rings. The summed E-state index contributed by atoms with van der Waals surface area (Å²) in [5, 5.41) is 10.6. The Hall–Kier alpha value is -4.42. The molecule has 18 heteroatoms. The lowest BCUT2D eigenvalue weighted by molar-refractivity contribution is -0.192. The minimum absolute atomic E-state index is 0.0642. The van der Waals surface area contributed by atoms with E-state index in [4.69, 9.17) is 15.6 Å². The molecule has 0 aliphatic carbocycles. The van der Waals surface area contributed by atoms with Gasteiger partial charge in [-0.15, -0.1) is 0 Å². The molecule has 0 radical (unpaired) electrons. The predicted molar refractivity (Wildman–Crippen MR) is 154 cm³/mol. The Morgan fingerprint density at radius 3 is 2.16 bits per heavy atom. The molecule has 0 unspecified atom stereocenters. The van der Waals surface area contributed by atoms with Gasteiger partial charge in [-0.25, -0.2) is 32.0 Å². The van der Waals surface area contributed by atoms with Gasteiger partial charge in [0.05, 0.1) is 22.5 Å². The van der Waals surface area contributed by atoms with Crippen LogP contribution in [0.2, 0.25) is 0 Å². The van der Waals surface area contributed by atoms with E-state index < -0.39 is 45.2 Å². The maximum absolute atomic E-state index is 14.1. The van der Waals surface area contributed by atoms with Crippen LogP contribution < -0.4 is 11.1 Å². The summed E-state index contributed by atoms with van der Waals surface area (Å²) in [5.41, 5.74) is 6.78. The van der Waals surface area contributed by atoms with E-state index in [1.807, 2.05) is 17.8 Å². The number of hydrogen-bond acceptors (Lipinski definition) is 9. The number of piperidine rings is 1. The van der Waals surface area contributed by atoms with Gasteiger partial charge in [-0.3, -0.25) is 4.79 Å². The summed E-state index contributed by atoms with van der Waals surface area (Å²) in [6, 6.07) is 9.70. The second-order valence-corrected chi connectivity index (χ2v) is 12.7. The van der Waals surface area contributed by atoms with Gasteiger partial charge < -0.3 is 20.7 Å². The van der Waals surface area contributed by atoms with Crippen molar-refractivity contribution in [1.82, 2.24) is 18.8 Å². The molecule has 2 aromatic heterocycles. The lowest BCUT2D eigenvalue weighted by Crippen LogP contribution is -2.42. The Labute approximate surface area is 257 Å². The highest BCUT2D eigenvalue weighted by Crippen LogP contribution is 2.31. The van der Waals surface area contributed by atoms with Crippen LogP contribution in [-0.2, 0) is 21.9 Å². The van der Waals surface area contributed by atoms with Crippen LogP contribution in [0.1, 0.15) is 28.1 Å². The number of benzene rings is 2. The number of nitrogens with zero attached hydrogens (tertiary/aromatic N) is 4. The van der Waals surface area contributed by atoms with Gasteiger partial charge in [0.2, 0.25) is 15.8 Å². The summed E-state index contributed by atoms with van der Waals surface area (Å²) in [6.07, 6.45) is -0.555. The molecule has 240 valence electrons. The van der Waals surface area contributed by atoms with Crippen molar-refractivity contribution in [3.05, 3.63) is 77.1 Å². The van der Waals surface area contributed by atoms with Crippen LogP contribution in [0.5, 0.6) is 0 Å². The van der Waals surface area contributed by atoms with Crippen molar-refractivity contribution in [2.45, 2.75) is 30.0 Å². The van der Waals surface area contributed by atoms with Crippen molar-refractivity contribution in [2.75, 3.05) is 24.1 Å². The fraction of sp³-hybridized carbons (Fsp3) is 0.259. The van der Waals surface area contributed by atoms with Crippen molar-refractivity contribution in [3.8, 4) is 11.3 Å². The number of aliphatic carboxylic acids is 1. The molecule has 0 amide bonds. The average Bonchev–Trinajstić information content (AvgIpc) is 3.58. The van der Waals surface area contributed by atoms with Crippen LogP contribution >= 0.6 is 11.3 Å². The highest BCUT2D eigenvalue weighted by atomic mass is 32.2. The van der Waals surface area contributed by atoms with Gasteiger partial charge in [0.15, 0.2) is 5.13 Å². The van der Waals surface area contributed by atoms with Gasteiger partial charge in [0, 0.05) is 37.9 Å². The van der Waals surface area contributed by atoms with Crippen molar-refractivity contribution in [2.24, 2.45) is 7.05 Å². The number of halogens is 5. The van der Waals surface area contributed by atoms with Crippen molar-refractivity contribution in [3.63, 3.8) is 0 Å². The van der Waals surface area contributed by atoms with E-state index >= 15 is 0 Å². The van der Waals surface area contributed by atoms with Crippen LogP contribution in [0.15, 0.2) is 59.9 Å². The van der Waals surface area contributed by atoms with Gasteiger partial charge in [0.25, 0.3) is 0 Å². The Morgan fingerprint density at radius 2 is 1.64 bits per heavy atom. The largest absolute Gasteiger partial charge is 0.490 e. The fourth-order valence-corrected chi connectivity index (χ4v) is 6.69. The maximum atomic E-state index is 14.1. The number of carbonyl (C=O) groups is 2. The quantitative estimate of drug-likeness (QED) is 0.189. The summed E-state index contributed by atoms with van der Waals surface area (Å²) >= 11 is 0.909. The first kappa shape index (κ1) is 33.5. The van der Waals surface area contributed by atoms with Gasteiger partial charge in [0.1, 0.15) is 22.3 Å². The lowest BCUT2D eigenvalue weighted by Gasteiger charge is -2.31. The molecule has 1 aliphatic heterocycles. The normalized spacial score (nSPS) is 14.4. The van der Waals surface area contributed by atoms with Crippen LogP contribution in [-0.4, -0.2) is 69.4 Å². The molecule has 5 rings (SSSR count). The van der Waals surface area contributed by atoms with Crippen molar-refractivity contribution >= 4 is 44.1 Å². The smallest absolute Gasteiger partial charge is 0.475 e. The highest BCUT2D eigenvalue weighted by molar-refractivity contribution is 7.89. The zero-order valence-electron chi connectivity index (χ0n) is 23.3. The average molecular weight is 673 g/mol. The van der Waals surface area contributed by atoms with E-state index in [9.17, 15) is 35.2 Å². The molecule has 1 saturated heterocycles. The number of carboxylic acids is 1. The number of aromatic nitrogens is 3. The van der Waals surface area contributed by atoms with E-state index in [-0.39, 0.29) is 34.7 Å². The Kier molecular flexibility index (Phi) is 9.89. The summed E-state index contributed by atoms with van der Waals surface area (Å²) in [4.78, 5) is 30.2. The van der Waals surface area contributed by atoms with Gasteiger partial charge >= 0.3 is 12.1 Å². The van der Waals surface area contributed by atoms with E-state index in [1.165, 1.54) is 10.4 Å². The first-order chi connectivity index (χ1) is 21.1. The Bertz CT molecular complexity index is 1780. The number of thiazole rings is 1. The van der Waals surface area contributed by atoms with Gasteiger partial charge in [-0.1, -0.05) is 29.5 Å². The molecular weight excluding hydrogens is 647 g/mol. The SMILES string of the molecule is Cn1cnc(-c2ccc(S(=O)(=O)N3CCC(Nc4nc(N)c(C(=O)c5c(F)cccc5F)s4)CC3)cc2)c1.O=C(O)C(F)(F)F. The second-order valence-electron chi connectivity index (χ2n) is 9.73. The van der Waals surface area contributed by atoms with Crippen molar-refractivity contribution in [1.29, 1.82) is 0 Å². The van der Waals surface area contributed by atoms with E-state index in [2.05, 4.69) is 15.3 Å². The van der Waals surface area contributed by atoms with Crippen LogP contribution in [0.4, 0.5) is 32.9 Å². The van der Waals surface area contributed by atoms with E-state index in [0.717, 1.165) is 34.7 Å². The monoisotopic (exact) mass is 672 g/mol. The molecule has 0 spiro atoms. The number of imidazole rings is 1. The zero-order chi connectivity index (χ0) is 33.1. The van der Waals surface area contributed by atoms with Crippen molar-refractivity contribution < 1.29 is 45.1 Å². The third-order valence-electron chi connectivity index (χ3n) is 6.57. The lowest BCUT2D eigenvalue weighted by atomic mass is 10.1. The molecule has 45 heavy (non-hydrogen) atoms. The van der Waals surface area contributed by atoms with Gasteiger partial charge in [-0.05, 0) is 37.1 Å². The number of hydrogen-bond donors (Lipinski definition) is 3. The number of carboxylic acid groups (broad SMARTS) is 1. The van der Waals surface area contributed by atoms with E-state index in [0.29, 0.717) is 18.0 Å². The number of alkyl halides is 3. The fourth-order valence-electron chi connectivity index (χ4n) is 4.31. The molecule has 0 bridgehead atoms. The highest BCUT2D eigenvalue weighted by Gasteiger charge is 2.38. The second kappa shape index (κ2) is 13.3. The molecule has 0 atom stereocenters. The number of sulfonamides is 1. The third kappa shape index (κ3) is 7.81. The summed E-state index contributed by atoms with van der Waals surface area (Å²) in [5.74, 6) is -5.71. The molecule has 4 N–H and O–H groups in total. The summed E-state index contributed by atoms with van der Waals surface area (Å²) in [6.45, 7) is 0.574. The summed E-state index contributed by atoms with van der Waals surface area (Å²) < 4.78 is 89.5. The summed E-state index contributed by atoms with van der Waals surface area (Å²) in [7, 11) is -1.81. The number of carbonyl (C=O) groups excluding carboxylic acids is 1. The van der Waals surface area contributed by atoms with Gasteiger partial charge in [-0.2, -0.15) is 17.5 Å². The standard InChI is InChI=1S/C25H24F2N6O3S2.C2HF3O2/c1-32-13-20(29-14-32)15-5-7-17(8-6-15)38(35,36)33-11-9-16(10-12-33)30-25-31-24(28)23(37-25)22(34)21-18(26)3-2-4-19(21)27;3-2(4,5)1(6)7/h2-8,13-14,16H,9-12,28H2,1H3,(H,30,31);(H,6,7). The molecular formula is C27H25F5N6O5S2. The van der Waals surface area contributed by atoms with Crippen LogP contribution in [0, 0.1) is 11.6 Å². The Balaban J connectivity index is 0.000000591. The number of rotatable bonds is 7. The predicted octanol–water partition coefficient (Wildman–Crippen LogP) is 4.53. The first-order valence-corrected chi connectivity index (χ1v) is 15.2. The van der Waals surface area contributed by atoms with Crippen LogP contribution in [0.25, 0.3) is 11.3 Å². The minimum atomic E-state index is -5.08. The molecule has 4 aromatic rings. The zero-order valence-corrected chi connectivity index (χ0v) is 24.9. The minimum Gasteiger partial charge on any atom is -0.475 e.